The molecule has 3 heteroatoms. The van der Waals surface area contributed by atoms with E-state index in [-0.39, 0.29) is 5.91 Å². The number of hydrogen-bond acceptors (Lipinski definition) is 2. The van der Waals surface area contributed by atoms with Gasteiger partial charge in [-0.2, -0.15) is 0 Å². The predicted molar refractivity (Wildman–Crippen MR) is 86.9 cm³/mol. The molecule has 0 aliphatic rings. The van der Waals surface area contributed by atoms with Crippen LogP contribution in [0, 0.1) is 20.8 Å². The van der Waals surface area contributed by atoms with E-state index in [1.807, 2.05) is 32.0 Å². The van der Waals surface area contributed by atoms with Crippen molar-refractivity contribution in [2.45, 2.75) is 40.5 Å². The monoisotopic (exact) mass is 287 g/mol. The second-order valence-electron chi connectivity index (χ2n) is 5.27. The van der Waals surface area contributed by atoms with Crippen LogP contribution in [-0.2, 0) is 6.42 Å². The molecule has 106 valence electrons. The highest BCUT2D eigenvalue weighted by Gasteiger charge is 2.12. The summed E-state index contributed by atoms with van der Waals surface area (Å²) in [5.41, 5.74) is 4.49. The van der Waals surface area contributed by atoms with E-state index in [0.29, 0.717) is 0 Å². The maximum Gasteiger partial charge on any atom is 0.265 e. The van der Waals surface area contributed by atoms with E-state index in [1.54, 1.807) is 11.3 Å². The van der Waals surface area contributed by atoms with Gasteiger partial charge in [0, 0.05) is 10.6 Å². The molecule has 2 nitrogen and oxygen atoms in total. The van der Waals surface area contributed by atoms with Gasteiger partial charge in [-0.1, -0.05) is 19.4 Å². The fourth-order valence-corrected chi connectivity index (χ4v) is 3.36. The fourth-order valence-electron chi connectivity index (χ4n) is 2.39. The summed E-state index contributed by atoms with van der Waals surface area (Å²) >= 11 is 1.58. The van der Waals surface area contributed by atoms with Crippen molar-refractivity contribution < 1.29 is 4.79 Å². The summed E-state index contributed by atoms with van der Waals surface area (Å²) in [6.07, 6.45) is 2.15. The summed E-state index contributed by atoms with van der Waals surface area (Å²) in [6.45, 7) is 8.32. The van der Waals surface area contributed by atoms with Crippen LogP contribution in [0.5, 0.6) is 0 Å². The van der Waals surface area contributed by atoms with Crippen LogP contribution in [0.2, 0.25) is 0 Å². The van der Waals surface area contributed by atoms with E-state index in [0.717, 1.165) is 34.5 Å². The smallest absolute Gasteiger partial charge is 0.265 e. The van der Waals surface area contributed by atoms with Crippen molar-refractivity contribution in [3.63, 3.8) is 0 Å². The summed E-state index contributed by atoms with van der Waals surface area (Å²) in [6, 6.07) is 8.13. The lowest BCUT2D eigenvalue weighted by Gasteiger charge is -2.06. The molecule has 0 atom stereocenters. The number of rotatable bonds is 4. The summed E-state index contributed by atoms with van der Waals surface area (Å²) in [5, 5.41) is 2.99. The van der Waals surface area contributed by atoms with E-state index in [4.69, 9.17) is 0 Å². The van der Waals surface area contributed by atoms with Crippen LogP contribution in [0.3, 0.4) is 0 Å². The topological polar surface area (TPSA) is 29.1 Å². The summed E-state index contributed by atoms with van der Waals surface area (Å²) in [7, 11) is 0. The highest BCUT2D eigenvalue weighted by atomic mass is 32.1. The van der Waals surface area contributed by atoms with Gasteiger partial charge >= 0.3 is 0 Å². The molecule has 2 rings (SSSR count). The Kier molecular flexibility index (Phi) is 4.61. The molecule has 0 bridgehead atoms. The lowest BCUT2D eigenvalue weighted by molar-refractivity contribution is 0.103. The number of carbonyl (C=O) groups excluding carboxylic acids is 1. The molecule has 0 fully saturated rings. The van der Waals surface area contributed by atoms with Crippen LogP contribution in [0.25, 0.3) is 0 Å². The highest BCUT2D eigenvalue weighted by Crippen LogP contribution is 2.24. The Morgan fingerprint density at radius 2 is 1.75 bits per heavy atom. The zero-order chi connectivity index (χ0) is 14.7. The zero-order valence-electron chi connectivity index (χ0n) is 12.5. The molecule has 1 aromatic heterocycles. The summed E-state index contributed by atoms with van der Waals surface area (Å²) in [4.78, 5) is 14.3. The Morgan fingerprint density at radius 1 is 1.10 bits per heavy atom. The molecular weight excluding hydrogens is 266 g/mol. The van der Waals surface area contributed by atoms with Crippen molar-refractivity contribution in [2.75, 3.05) is 5.32 Å². The second-order valence-corrected chi connectivity index (χ2v) is 6.53. The summed E-state index contributed by atoms with van der Waals surface area (Å²) in [5.74, 6) is -0.00884. The molecule has 0 saturated heterocycles. The van der Waals surface area contributed by atoms with Crippen LogP contribution in [0.1, 0.15) is 44.6 Å². The SMILES string of the molecule is CCCc1cc(C(=O)Nc2cc(C)cc(C)c2)sc1C. The Balaban J connectivity index is 2.17. The molecule has 0 radical (unpaired) electrons. The first-order valence-corrected chi connectivity index (χ1v) is 7.80. The Bertz CT molecular complexity index is 608. The fraction of sp³-hybridized carbons (Fsp3) is 0.353. The first kappa shape index (κ1) is 14.8. The molecule has 1 heterocycles. The average Bonchev–Trinajstić information content (AvgIpc) is 2.70. The largest absolute Gasteiger partial charge is 0.321 e. The molecule has 1 N–H and O–H groups in total. The number of benzene rings is 1. The normalized spacial score (nSPS) is 10.6. The molecule has 0 aliphatic heterocycles. The van der Waals surface area contributed by atoms with E-state index in [1.165, 1.54) is 10.4 Å². The maximum atomic E-state index is 12.3. The van der Waals surface area contributed by atoms with Gasteiger partial charge in [0.2, 0.25) is 0 Å². The quantitative estimate of drug-likeness (QED) is 0.853. The van der Waals surface area contributed by atoms with E-state index in [9.17, 15) is 4.79 Å². The van der Waals surface area contributed by atoms with Crippen LogP contribution in [0.4, 0.5) is 5.69 Å². The van der Waals surface area contributed by atoms with Gasteiger partial charge < -0.3 is 5.32 Å². The van der Waals surface area contributed by atoms with Gasteiger partial charge in [0.05, 0.1) is 4.88 Å². The van der Waals surface area contributed by atoms with E-state index < -0.39 is 0 Å². The molecule has 1 amide bonds. The number of carbonyl (C=O) groups is 1. The number of amides is 1. The van der Waals surface area contributed by atoms with Crippen LogP contribution in [-0.4, -0.2) is 5.91 Å². The van der Waals surface area contributed by atoms with Crippen molar-refractivity contribution in [1.29, 1.82) is 0 Å². The Hall–Kier alpha value is -1.61. The third-order valence-corrected chi connectivity index (χ3v) is 4.33. The van der Waals surface area contributed by atoms with Crippen molar-refractivity contribution >= 4 is 22.9 Å². The predicted octanol–water partition coefficient (Wildman–Crippen LogP) is 4.88. The van der Waals surface area contributed by atoms with Gasteiger partial charge in [0.1, 0.15) is 0 Å². The lowest BCUT2D eigenvalue weighted by atomic mass is 10.1. The lowest BCUT2D eigenvalue weighted by Crippen LogP contribution is -2.10. The second kappa shape index (κ2) is 6.23. The highest BCUT2D eigenvalue weighted by molar-refractivity contribution is 7.14. The first-order chi connectivity index (χ1) is 9.49. The van der Waals surface area contributed by atoms with E-state index in [2.05, 4.69) is 25.2 Å². The standard InChI is InChI=1S/C17H21NOS/c1-5-6-14-10-16(20-13(14)4)17(19)18-15-8-11(2)7-12(3)9-15/h7-10H,5-6H2,1-4H3,(H,18,19). The van der Waals surface area contributed by atoms with Gasteiger partial charge in [-0.3, -0.25) is 4.79 Å². The zero-order valence-corrected chi connectivity index (χ0v) is 13.4. The number of anilines is 1. The van der Waals surface area contributed by atoms with Crippen molar-refractivity contribution in [3.8, 4) is 0 Å². The maximum absolute atomic E-state index is 12.3. The molecule has 0 spiro atoms. The first-order valence-electron chi connectivity index (χ1n) is 6.98. The minimum Gasteiger partial charge on any atom is -0.321 e. The van der Waals surface area contributed by atoms with Crippen LogP contribution in [0.15, 0.2) is 24.3 Å². The minimum atomic E-state index is -0.00884. The van der Waals surface area contributed by atoms with Gasteiger partial charge in [-0.15, -0.1) is 11.3 Å². The molecular formula is C17H21NOS. The Morgan fingerprint density at radius 3 is 2.35 bits per heavy atom. The van der Waals surface area contributed by atoms with Gasteiger partial charge in [0.15, 0.2) is 0 Å². The van der Waals surface area contributed by atoms with Crippen LogP contribution >= 0.6 is 11.3 Å². The van der Waals surface area contributed by atoms with Gasteiger partial charge in [0.25, 0.3) is 5.91 Å². The molecule has 0 unspecified atom stereocenters. The van der Waals surface area contributed by atoms with Gasteiger partial charge in [-0.05, 0) is 62.1 Å². The van der Waals surface area contributed by atoms with Crippen molar-refractivity contribution in [1.82, 2.24) is 0 Å². The molecule has 1 aromatic carbocycles. The number of nitrogens with one attached hydrogen (secondary N) is 1. The molecule has 0 aliphatic carbocycles. The van der Waals surface area contributed by atoms with Crippen molar-refractivity contribution in [2.24, 2.45) is 0 Å². The molecule has 2 aromatic rings. The number of hydrogen-bond donors (Lipinski definition) is 1. The number of aryl methyl sites for hydroxylation is 4. The molecule has 0 saturated carbocycles. The third kappa shape index (κ3) is 3.48. The van der Waals surface area contributed by atoms with Crippen molar-refractivity contribution in [3.05, 3.63) is 50.7 Å². The average molecular weight is 287 g/mol. The van der Waals surface area contributed by atoms with E-state index >= 15 is 0 Å². The van der Waals surface area contributed by atoms with Gasteiger partial charge in [-0.25, -0.2) is 0 Å². The van der Waals surface area contributed by atoms with Crippen LogP contribution < -0.4 is 5.32 Å². The molecule has 20 heavy (non-hydrogen) atoms. The third-order valence-electron chi connectivity index (χ3n) is 3.24. The number of thiophene rings is 1. The minimum absolute atomic E-state index is 0.00884. The summed E-state index contributed by atoms with van der Waals surface area (Å²) < 4.78 is 0. The Labute approximate surface area is 124 Å².